The Kier molecular flexibility index (Phi) is 5.62. The third-order valence-electron chi connectivity index (χ3n) is 4.24. The Morgan fingerprint density at radius 1 is 1.24 bits per heavy atom. The summed E-state index contributed by atoms with van der Waals surface area (Å²) < 4.78 is 5.15. The minimum atomic E-state index is 0.125. The second kappa shape index (κ2) is 7.46. The van der Waals surface area contributed by atoms with Gasteiger partial charge in [0, 0.05) is 24.2 Å². The minimum absolute atomic E-state index is 0.125. The first-order valence-corrected chi connectivity index (χ1v) is 7.86. The van der Waals surface area contributed by atoms with Crippen molar-refractivity contribution in [2.75, 3.05) is 13.7 Å². The van der Waals surface area contributed by atoms with Crippen LogP contribution in [0.5, 0.6) is 5.75 Å². The van der Waals surface area contributed by atoms with Gasteiger partial charge in [-0.25, -0.2) is 0 Å². The number of hydrogen-bond acceptors (Lipinski definition) is 3. The predicted octanol–water partition coefficient (Wildman–Crippen LogP) is 2.82. The zero-order chi connectivity index (χ0) is 15.2. The normalized spacial score (nSPS) is 21.9. The van der Waals surface area contributed by atoms with Crippen molar-refractivity contribution in [1.82, 2.24) is 4.90 Å². The van der Waals surface area contributed by atoms with E-state index in [-0.39, 0.29) is 5.91 Å². The average Bonchev–Trinajstić information content (AvgIpc) is 2.53. The molecule has 1 aromatic rings. The molecule has 1 aliphatic carbocycles. The predicted molar refractivity (Wildman–Crippen MR) is 84.6 cm³/mol. The summed E-state index contributed by atoms with van der Waals surface area (Å²) in [4.78, 5) is 14.8. The van der Waals surface area contributed by atoms with Crippen molar-refractivity contribution in [2.24, 2.45) is 5.73 Å². The molecule has 0 radical (unpaired) electrons. The number of ether oxygens (including phenoxy) is 1. The number of amides is 1. The fourth-order valence-electron chi connectivity index (χ4n) is 3.00. The Labute approximate surface area is 127 Å². The lowest BCUT2D eigenvalue weighted by atomic mass is 9.90. The number of nitrogens with zero attached hydrogens (tertiary/aromatic N) is 1. The third-order valence-corrected chi connectivity index (χ3v) is 4.24. The maximum absolute atomic E-state index is 12.8. The van der Waals surface area contributed by atoms with Gasteiger partial charge in [0.1, 0.15) is 5.75 Å². The fourth-order valence-corrected chi connectivity index (χ4v) is 3.00. The molecular weight excluding hydrogens is 264 g/mol. The highest BCUT2D eigenvalue weighted by Gasteiger charge is 2.27. The summed E-state index contributed by atoms with van der Waals surface area (Å²) in [5, 5.41) is 0. The van der Waals surface area contributed by atoms with Crippen LogP contribution in [-0.2, 0) is 0 Å². The van der Waals surface area contributed by atoms with Crippen LogP contribution < -0.4 is 10.5 Å². The lowest BCUT2D eigenvalue weighted by Gasteiger charge is -2.36. The SMILES string of the molecule is CCCN(C(=O)c1ccc(OC)cc1)C1CCC(N)CC1. The van der Waals surface area contributed by atoms with E-state index in [1.807, 2.05) is 29.2 Å². The molecule has 4 heteroatoms. The van der Waals surface area contributed by atoms with E-state index < -0.39 is 0 Å². The van der Waals surface area contributed by atoms with Crippen molar-refractivity contribution in [3.63, 3.8) is 0 Å². The van der Waals surface area contributed by atoms with Crippen molar-refractivity contribution in [2.45, 2.75) is 51.1 Å². The molecule has 1 amide bonds. The Morgan fingerprint density at radius 3 is 2.38 bits per heavy atom. The topological polar surface area (TPSA) is 55.6 Å². The lowest BCUT2D eigenvalue weighted by Crippen LogP contribution is -2.44. The molecule has 0 aromatic heterocycles. The van der Waals surface area contributed by atoms with Gasteiger partial charge in [-0.3, -0.25) is 4.79 Å². The summed E-state index contributed by atoms with van der Waals surface area (Å²) >= 11 is 0. The molecular formula is C17H26N2O2. The quantitative estimate of drug-likeness (QED) is 0.907. The molecule has 0 spiro atoms. The van der Waals surface area contributed by atoms with Gasteiger partial charge >= 0.3 is 0 Å². The van der Waals surface area contributed by atoms with Gasteiger partial charge in [-0.15, -0.1) is 0 Å². The van der Waals surface area contributed by atoms with Crippen LogP contribution in [0.4, 0.5) is 0 Å². The molecule has 0 aliphatic heterocycles. The molecule has 0 atom stereocenters. The van der Waals surface area contributed by atoms with Crippen molar-refractivity contribution >= 4 is 5.91 Å². The first kappa shape index (κ1) is 15.8. The van der Waals surface area contributed by atoms with Gasteiger partial charge in [-0.2, -0.15) is 0 Å². The fraction of sp³-hybridized carbons (Fsp3) is 0.588. The standard InChI is InChI=1S/C17H26N2O2/c1-3-12-19(15-8-6-14(18)7-9-15)17(20)13-4-10-16(21-2)11-5-13/h4-5,10-11,14-15H,3,6-9,12,18H2,1-2H3. The van der Waals surface area contributed by atoms with Crippen molar-refractivity contribution < 1.29 is 9.53 Å². The maximum Gasteiger partial charge on any atom is 0.254 e. The Balaban J connectivity index is 2.10. The molecule has 0 unspecified atom stereocenters. The Morgan fingerprint density at radius 2 is 1.86 bits per heavy atom. The molecule has 1 aliphatic rings. The molecule has 0 bridgehead atoms. The van der Waals surface area contributed by atoms with Crippen LogP contribution in [0, 0.1) is 0 Å². The lowest BCUT2D eigenvalue weighted by molar-refractivity contribution is 0.0626. The Bertz CT molecular complexity index is 450. The molecule has 1 fully saturated rings. The molecule has 116 valence electrons. The largest absolute Gasteiger partial charge is 0.497 e. The summed E-state index contributed by atoms with van der Waals surface area (Å²) in [7, 11) is 1.63. The number of carbonyl (C=O) groups is 1. The van der Waals surface area contributed by atoms with E-state index in [0.29, 0.717) is 12.1 Å². The van der Waals surface area contributed by atoms with E-state index in [0.717, 1.165) is 50.0 Å². The monoisotopic (exact) mass is 290 g/mol. The number of rotatable bonds is 5. The number of carbonyl (C=O) groups excluding carboxylic acids is 1. The Hall–Kier alpha value is -1.55. The van der Waals surface area contributed by atoms with Gasteiger partial charge in [0.15, 0.2) is 0 Å². The summed E-state index contributed by atoms with van der Waals surface area (Å²) in [6, 6.07) is 8.01. The van der Waals surface area contributed by atoms with E-state index in [1.165, 1.54) is 0 Å². The van der Waals surface area contributed by atoms with Crippen LogP contribution in [0.25, 0.3) is 0 Å². The van der Waals surface area contributed by atoms with Crippen LogP contribution in [0.3, 0.4) is 0 Å². The van der Waals surface area contributed by atoms with Crippen molar-refractivity contribution in [3.8, 4) is 5.75 Å². The number of benzene rings is 1. The second-order valence-electron chi connectivity index (χ2n) is 5.80. The van der Waals surface area contributed by atoms with E-state index in [4.69, 9.17) is 10.5 Å². The average molecular weight is 290 g/mol. The molecule has 0 heterocycles. The number of nitrogens with two attached hydrogens (primary N) is 1. The maximum atomic E-state index is 12.8. The highest BCUT2D eigenvalue weighted by atomic mass is 16.5. The van der Waals surface area contributed by atoms with Gasteiger partial charge in [-0.05, 0) is 56.4 Å². The van der Waals surface area contributed by atoms with E-state index in [9.17, 15) is 4.79 Å². The minimum Gasteiger partial charge on any atom is -0.497 e. The first-order chi connectivity index (χ1) is 10.2. The van der Waals surface area contributed by atoms with Crippen LogP contribution in [0.1, 0.15) is 49.4 Å². The number of methoxy groups -OCH3 is 1. The van der Waals surface area contributed by atoms with E-state index >= 15 is 0 Å². The second-order valence-corrected chi connectivity index (χ2v) is 5.80. The van der Waals surface area contributed by atoms with Crippen molar-refractivity contribution in [3.05, 3.63) is 29.8 Å². The molecule has 0 saturated heterocycles. The zero-order valence-corrected chi connectivity index (χ0v) is 13.0. The highest BCUT2D eigenvalue weighted by molar-refractivity contribution is 5.94. The molecule has 2 N–H and O–H groups in total. The van der Waals surface area contributed by atoms with Crippen molar-refractivity contribution in [1.29, 1.82) is 0 Å². The smallest absolute Gasteiger partial charge is 0.254 e. The van der Waals surface area contributed by atoms with Gasteiger partial charge in [0.25, 0.3) is 5.91 Å². The molecule has 2 rings (SSSR count). The molecule has 4 nitrogen and oxygen atoms in total. The molecule has 1 aromatic carbocycles. The molecule has 21 heavy (non-hydrogen) atoms. The van der Waals surface area contributed by atoms with Gasteiger partial charge in [0.05, 0.1) is 7.11 Å². The van der Waals surface area contributed by atoms with E-state index in [2.05, 4.69) is 6.92 Å². The molecule has 1 saturated carbocycles. The summed E-state index contributed by atoms with van der Waals surface area (Å²) in [6.07, 6.45) is 5.04. The van der Waals surface area contributed by atoms with Gasteiger partial charge in [-0.1, -0.05) is 6.92 Å². The van der Waals surface area contributed by atoms with Gasteiger partial charge in [0.2, 0.25) is 0 Å². The van der Waals surface area contributed by atoms with E-state index in [1.54, 1.807) is 7.11 Å². The van der Waals surface area contributed by atoms with Crippen LogP contribution in [-0.4, -0.2) is 36.5 Å². The zero-order valence-electron chi connectivity index (χ0n) is 13.0. The summed E-state index contributed by atoms with van der Waals surface area (Å²) in [5.74, 6) is 0.900. The highest BCUT2D eigenvalue weighted by Crippen LogP contribution is 2.24. The number of hydrogen-bond donors (Lipinski definition) is 1. The van der Waals surface area contributed by atoms with Crippen LogP contribution >= 0.6 is 0 Å². The summed E-state index contributed by atoms with van der Waals surface area (Å²) in [5.41, 5.74) is 6.71. The third kappa shape index (κ3) is 3.97. The summed E-state index contributed by atoms with van der Waals surface area (Å²) in [6.45, 7) is 2.92. The first-order valence-electron chi connectivity index (χ1n) is 7.86. The van der Waals surface area contributed by atoms with Crippen LogP contribution in [0.15, 0.2) is 24.3 Å². The van der Waals surface area contributed by atoms with Gasteiger partial charge < -0.3 is 15.4 Å². The van der Waals surface area contributed by atoms with Crippen LogP contribution in [0.2, 0.25) is 0 Å².